The summed E-state index contributed by atoms with van der Waals surface area (Å²) >= 11 is 0. The van der Waals surface area contributed by atoms with Gasteiger partial charge in [0.2, 0.25) is 0 Å². The lowest BCUT2D eigenvalue weighted by Crippen LogP contribution is -2.33. The highest BCUT2D eigenvalue weighted by Gasteiger charge is 2.49. The summed E-state index contributed by atoms with van der Waals surface area (Å²) in [4.78, 5) is 11.6. The Bertz CT molecular complexity index is 744. The van der Waals surface area contributed by atoms with E-state index in [-0.39, 0.29) is 5.92 Å². The fraction of sp³-hybridized carbons (Fsp3) is 0.0870. The molecule has 0 saturated carbocycles. The van der Waals surface area contributed by atoms with Crippen molar-refractivity contribution in [2.24, 2.45) is 5.92 Å². The molecule has 0 bridgehead atoms. The van der Waals surface area contributed by atoms with Crippen LogP contribution in [-0.2, 0) is 4.79 Å². The lowest BCUT2D eigenvalue weighted by atomic mass is 10.2. The second kappa shape index (κ2) is 7.59. The first-order valence-corrected chi connectivity index (χ1v) is 10.2. The van der Waals surface area contributed by atoms with E-state index in [9.17, 15) is 4.79 Å². The van der Waals surface area contributed by atoms with E-state index in [0.29, 0.717) is 0 Å². The van der Waals surface area contributed by atoms with Gasteiger partial charge in [-0.15, -0.1) is 0 Å². The number of allylic oxidation sites excluding steroid dienone is 1. The molecule has 0 saturated heterocycles. The van der Waals surface area contributed by atoms with E-state index in [1.807, 2.05) is 25.1 Å². The van der Waals surface area contributed by atoms with Crippen LogP contribution in [0.4, 0.5) is 0 Å². The molecule has 3 aromatic carbocycles. The first kappa shape index (κ1) is 17.3. The topological polar surface area (TPSA) is 17.1 Å². The first-order chi connectivity index (χ1) is 12.2. The smallest absolute Gasteiger partial charge is 0.140 e. The Balaban J connectivity index is 2.40. The molecular formula is C23H22OP+. The second-order valence-electron chi connectivity index (χ2n) is 6.09. The molecule has 0 aliphatic rings. The Morgan fingerprint density at radius 3 is 1.36 bits per heavy atom. The van der Waals surface area contributed by atoms with Gasteiger partial charge >= 0.3 is 0 Å². The maximum atomic E-state index is 11.6. The molecule has 1 atom stereocenters. The normalized spacial score (nSPS) is 12.4. The van der Waals surface area contributed by atoms with Crippen LogP contribution in [0.1, 0.15) is 6.92 Å². The van der Waals surface area contributed by atoms with Gasteiger partial charge in [0.25, 0.3) is 0 Å². The zero-order chi connectivity index (χ0) is 17.7. The Hall–Kier alpha value is -2.50. The summed E-state index contributed by atoms with van der Waals surface area (Å²) in [6.45, 7) is 6.39. The number of carbonyl (C=O) groups is 1. The molecule has 1 nitrogen and oxygen atoms in total. The molecular weight excluding hydrogens is 323 g/mol. The summed E-state index contributed by atoms with van der Waals surface area (Å²) in [6, 6.07) is 31.4. The van der Waals surface area contributed by atoms with Crippen LogP contribution >= 0.6 is 7.26 Å². The van der Waals surface area contributed by atoms with Crippen molar-refractivity contribution in [1.82, 2.24) is 0 Å². The molecule has 0 aliphatic carbocycles. The third-order valence-corrected chi connectivity index (χ3v) is 9.08. The van der Waals surface area contributed by atoms with Crippen LogP contribution in [0.5, 0.6) is 0 Å². The lowest BCUT2D eigenvalue weighted by Gasteiger charge is -2.30. The van der Waals surface area contributed by atoms with Crippen molar-refractivity contribution < 1.29 is 4.79 Å². The minimum absolute atomic E-state index is 0.214. The molecule has 25 heavy (non-hydrogen) atoms. The number of aldehydes is 1. The molecule has 3 rings (SSSR count). The number of benzene rings is 3. The van der Waals surface area contributed by atoms with E-state index in [1.165, 1.54) is 15.9 Å². The molecule has 0 heterocycles. The predicted molar refractivity (Wildman–Crippen MR) is 110 cm³/mol. The lowest BCUT2D eigenvalue weighted by molar-refractivity contribution is -0.109. The van der Waals surface area contributed by atoms with Crippen LogP contribution in [0.25, 0.3) is 0 Å². The predicted octanol–water partition coefficient (Wildman–Crippen LogP) is 4.33. The largest absolute Gasteiger partial charge is 0.303 e. The molecule has 1 unspecified atom stereocenters. The Morgan fingerprint density at radius 1 is 0.760 bits per heavy atom. The highest BCUT2D eigenvalue weighted by molar-refractivity contribution is 7.99. The maximum absolute atomic E-state index is 11.6. The summed E-state index contributed by atoms with van der Waals surface area (Å²) in [5.41, 5.74) is 0. The van der Waals surface area contributed by atoms with Gasteiger partial charge in [0, 0.05) is 0 Å². The van der Waals surface area contributed by atoms with Gasteiger partial charge < -0.3 is 4.79 Å². The van der Waals surface area contributed by atoms with Crippen LogP contribution in [0.2, 0.25) is 0 Å². The van der Waals surface area contributed by atoms with E-state index < -0.39 is 7.26 Å². The molecule has 3 aromatic rings. The van der Waals surface area contributed by atoms with Crippen molar-refractivity contribution in [2.75, 3.05) is 0 Å². The van der Waals surface area contributed by atoms with Crippen molar-refractivity contribution in [3.05, 3.63) is 103 Å². The SMILES string of the molecule is C=C(C(C)C=O)[P+](c1ccccc1)(c1ccccc1)c1ccccc1. The van der Waals surface area contributed by atoms with Gasteiger partial charge in [-0.2, -0.15) is 0 Å². The highest BCUT2D eigenvalue weighted by Crippen LogP contribution is 2.63. The van der Waals surface area contributed by atoms with Gasteiger partial charge in [-0.1, -0.05) is 61.2 Å². The summed E-state index contributed by atoms with van der Waals surface area (Å²) in [5.74, 6) is -0.214. The molecule has 0 aliphatic heterocycles. The average molecular weight is 345 g/mol. The van der Waals surface area contributed by atoms with Gasteiger partial charge in [0.05, 0.1) is 11.2 Å². The molecule has 0 aromatic heterocycles. The molecule has 0 fully saturated rings. The number of carbonyl (C=O) groups excluding carboxylic acids is 1. The van der Waals surface area contributed by atoms with Crippen molar-refractivity contribution in [3.8, 4) is 0 Å². The van der Waals surface area contributed by atoms with Crippen molar-refractivity contribution in [3.63, 3.8) is 0 Å². The minimum atomic E-state index is -2.14. The zero-order valence-electron chi connectivity index (χ0n) is 14.4. The molecule has 0 N–H and O–H groups in total. The third kappa shape index (κ3) is 3.08. The minimum Gasteiger partial charge on any atom is -0.303 e. The molecule has 0 spiro atoms. The van der Waals surface area contributed by atoms with E-state index >= 15 is 0 Å². The van der Waals surface area contributed by atoms with Gasteiger partial charge in [0.15, 0.2) is 0 Å². The molecule has 0 amide bonds. The van der Waals surface area contributed by atoms with Gasteiger partial charge in [-0.3, -0.25) is 0 Å². The Morgan fingerprint density at radius 2 is 1.08 bits per heavy atom. The monoisotopic (exact) mass is 345 g/mol. The maximum Gasteiger partial charge on any atom is 0.140 e. The summed E-state index contributed by atoms with van der Waals surface area (Å²) in [6.07, 6.45) is 1.01. The summed E-state index contributed by atoms with van der Waals surface area (Å²) in [5, 5.41) is 4.68. The van der Waals surface area contributed by atoms with Crippen LogP contribution in [0.15, 0.2) is 103 Å². The third-order valence-electron chi connectivity index (χ3n) is 4.59. The van der Waals surface area contributed by atoms with E-state index in [2.05, 4.69) is 79.4 Å². The summed E-state index contributed by atoms with van der Waals surface area (Å²) < 4.78 is 0. The fourth-order valence-electron chi connectivity index (χ4n) is 3.28. The Kier molecular flexibility index (Phi) is 5.26. The van der Waals surface area contributed by atoms with Crippen LogP contribution in [-0.4, -0.2) is 6.29 Å². The molecule has 0 radical (unpaired) electrons. The first-order valence-electron chi connectivity index (χ1n) is 8.42. The standard InChI is InChI=1S/C23H22OP/c1-19(18-24)20(2)25(21-12-6-3-7-13-21,22-14-8-4-9-15-22)23-16-10-5-11-17-23/h3-19H,2H2,1H3/q+1. The van der Waals surface area contributed by atoms with E-state index in [0.717, 1.165) is 11.6 Å². The van der Waals surface area contributed by atoms with Crippen LogP contribution < -0.4 is 15.9 Å². The average Bonchev–Trinajstić information content (AvgIpc) is 2.70. The van der Waals surface area contributed by atoms with Gasteiger partial charge in [0.1, 0.15) is 29.5 Å². The quantitative estimate of drug-likeness (QED) is 0.480. The van der Waals surface area contributed by atoms with Gasteiger partial charge in [-0.05, 0) is 43.3 Å². The van der Waals surface area contributed by atoms with Crippen molar-refractivity contribution in [2.45, 2.75) is 6.92 Å². The van der Waals surface area contributed by atoms with E-state index in [1.54, 1.807) is 0 Å². The van der Waals surface area contributed by atoms with Crippen LogP contribution in [0.3, 0.4) is 0 Å². The molecule has 2 heteroatoms. The Labute approximate surface area is 150 Å². The van der Waals surface area contributed by atoms with Gasteiger partial charge in [-0.25, -0.2) is 0 Å². The number of rotatable bonds is 6. The number of hydrogen-bond acceptors (Lipinski definition) is 1. The summed E-state index contributed by atoms with van der Waals surface area (Å²) in [7, 11) is -2.14. The second-order valence-corrected chi connectivity index (χ2v) is 9.56. The molecule has 124 valence electrons. The zero-order valence-corrected chi connectivity index (χ0v) is 15.3. The van der Waals surface area contributed by atoms with Crippen molar-refractivity contribution in [1.29, 1.82) is 0 Å². The fourth-order valence-corrected chi connectivity index (χ4v) is 7.70. The van der Waals surface area contributed by atoms with Crippen LogP contribution in [0, 0.1) is 5.92 Å². The van der Waals surface area contributed by atoms with Crippen molar-refractivity contribution >= 4 is 29.5 Å². The van der Waals surface area contributed by atoms with E-state index in [4.69, 9.17) is 0 Å². The highest BCUT2D eigenvalue weighted by atomic mass is 31.2. The number of hydrogen-bond donors (Lipinski definition) is 0.